The average molecular weight is 250 g/mol. The molecule has 0 saturated carbocycles. The van der Waals surface area contributed by atoms with E-state index in [1.54, 1.807) is 19.2 Å². The Morgan fingerprint density at radius 3 is 2.83 bits per heavy atom. The molecule has 2 N–H and O–H groups in total. The molecular weight excluding hydrogens is 236 g/mol. The van der Waals surface area contributed by atoms with E-state index in [4.69, 9.17) is 5.11 Å². The van der Waals surface area contributed by atoms with E-state index in [2.05, 4.69) is 4.98 Å². The van der Waals surface area contributed by atoms with Crippen molar-refractivity contribution in [1.29, 1.82) is 0 Å². The number of carbonyl (C=O) groups is 2. The van der Waals surface area contributed by atoms with Gasteiger partial charge in [0.15, 0.2) is 0 Å². The number of aliphatic hydroxyl groups excluding tert-OH is 1. The fraction of sp³-hybridized carbons (Fsp3) is 0.417. The van der Waals surface area contributed by atoms with Crippen molar-refractivity contribution in [2.75, 3.05) is 6.54 Å². The van der Waals surface area contributed by atoms with Crippen LogP contribution in [0.4, 0.5) is 0 Å². The molecule has 96 valence electrons. The molecule has 0 unspecified atom stereocenters. The minimum absolute atomic E-state index is 0.0531. The summed E-state index contributed by atoms with van der Waals surface area (Å²) >= 11 is 0. The molecule has 6 nitrogen and oxygen atoms in total. The van der Waals surface area contributed by atoms with Crippen LogP contribution in [-0.2, 0) is 4.79 Å². The lowest BCUT2D eigenvalue weighted by molar-refractivity contribution is -0.141. The topological polar surface area (TPSA) is 90.7 Å². The van der Waals surface area contributed by atoms with Crippen LogP contribution in [0.25, 0.3) is 0 Å². The van der Waals surface area contributed by atoms with E-state index in [1.165, 1.54) is 11.1 Å². The first kappa shape index (κ1) is 12.5. The zero-order valence-electron chi connectivity index (χ0n) is 9.91. The Morgan fingerprint density at radius 1 is 1.50 bits per heavy atom. The van der Waals surface area contributed by atoms with Gasteiger partial charge in [-0.2, -0.15) is 0 Å². The van der Waals surface area contributed by atoms with Gasteiger partial charge in [0.05, 0.1) is 6.10 Å². The number of aromatic nitrogens is 1. The van der Waals surface area contributed by atoms with Crippen molar-refractivity contribution in [3.05, 3.63) is 29.6 Å². The van der Waals surface area contributed by atoms with E-state index in [0.717, 1.165) is 0 Å². The standard InChI is InChI=1S/C12H14N2O4/c1-7-5-13-3-2-9(7)11(16)14-6-8(15)4-10(14)12(17)18/h2-3,5,8,10,15H,4,6H2,1H3,(H,17,18)/t8-,10-/m1/s1. The molecule has 1 fully saturated rings. The maximum absolute atomic E-state index is 12.3. The summed E-state index contributed by atoms with van der Waals surface area (Å²) in [5, 5.41) is 18.6. The van der Waals surface area contributed by atoms with Crippen LogP contribution in [0.2, 0.25) is 0 Å². The van der Waals surface area contributed by atoms with Crippen molar-refractivity contribution in [1.82, 2.24) is 9.88 Å². The van der Waals surface area contributed by atoms with Gasteiger partial charge in [-0.1, -0.05) is 0 Å². The van der Waals surface area contributed by atoms with Gasteiger partial charge in [-0.25, -0.2) is 4.79 Å². The third kappa shape index (κ3) is 2.19. The van der Waals surface area contributed by atoms with Crippen LogP contribution in [-0.4, -0.2) is 50.7 Å². The van der Waals surface area contributed by atoms with E-state index in [9.17, 15) is 14.7 Å². The van der Waals surface area contributed by atoms with Gasteiger partial charge >= 0.3 is 5.97 Å². The summed E-state index contributed by atoms with van der Waals surface area (Å²) in [6.07, 6.45) is 2.33. The number of pyridine rings is 1. The lowest BCUT2D eigenvalue weighted by atomic mass is 10.1. The second-order valence-electron chi connectivity index (χ2n) is 4.39. The smallest absolute Gasteiger partial charge is 0.326 e. The minimum Gasteiger partial charge on any atom is -0.480 e. The number of aliphatic hydroxyl groups is 1. The lowest BCUT2D eigenvalue weighted by Crippen LogP contribution is -2.40. The van der Waals surface area contributed by atoms with Crippen molar-refractivity contribution in [3.63, 3.8) is 0 Å². The lowest BCUT2D eigenvalue weighted by Gasteiger charge is -2.21. The normalized spacial score (nSPS) is 23.1. The molecule has 0 aliphatic carbocycles. The number of hydrogen-bond acceptors (Lipinski definition) is 4. The number of carbonyl (C=O) groups excluding carboxylic acids is 1. The largest absolute Gasteiger partial charge is 0.480 e. The number of aryl methyl sites for hydroxylation is 1. The Hall–Kier alpha value is -1.95. The number of likely N-dealkylation sites (tertiary alicyclic amines) is 1. The number of aliphatic carboxylic acids is 1. The van der Waals surface area contributed by atoms with Gasteiger partial charge in [0.25, 0.3) is 5.91 Å². The van der Waals surface area contributed by atoms with Crippen molar-refractivity contribution in [3.8, 4) is 0 Å². The molecule has 1 aromatic heterocycles. The quantitative estimate of drug-likeness (QED) is 0.774. The zero-order valence-corrected chi connectivity index (χ0v) is 9.91. The van der Waals surface area contributed by atoms with Crippen molar-refractivity contribution >= 4 is 11.9 Å². The van der Waals surface area contributed by atoms with Crippen LogP contribution < -0.4 is 0 Å². The number of carboxylic acid groups (broad SMARTS) is 1. The molecule has 0 bridgehead atoms. The molecule has 1 saturated heterocycles. The summed E-state index contributed by atoms with van der Waals surface area (Å²) in [4.78, 5) is 28.4. The molecule has 6 heteroatoms. The predicted octanol–water partition coefficient (Wildman–Crippen LogP) is 0.0500. The van der Waals surface area contributed by atoms with Crippen LogP contribution in [0.5, 0.6) is 0 Å². The second kappa shape index (κ2) is 4.73. The second-order valence-corrected chi connectivity index (χ2v) is 4.39. The van der Waals surface area contributed by atoms with Crippen LogP contribution >= 0.6 is 0 Å². The van der Waals surface area contributed by atoms with Gasteiger partial charge in [0.1, 0.15) is 6.04 Å². The summed E-state index contributed by atoms with van der Waals surface area (Å²) < 4.78 is 0. The van der Waals surface area contributed by atoms with Gasteiger partial charge < -0.3 is 15.1 Å². The SMILES string of the molecule is Cc1cnccc1C(=O)N1C[C@H](O)C[C@@H]1C(=O)O. The number of rotatable bonds is 2. The molecule has 1 aliphatic heterocycles. The summed E-state index contributed by atoms with van der Waals surface area (Å²) in [6.45, 7) is 1.79. The summed E-state index contributed by atoms with van der Waals surface area (Å²) in [7, 11) is 0. The van der Waals surface area contributed by atoms with E-state index in [1.807, 2.05) is 0 Å². The molecular formula is C12H14N2O4. The summed E-state index contributed by atoms with van der Waals surface area (Å²) in [5.74, 6) is -1.47. The summed E-state index contributed by atoms with van der Waals surface area (Å²) in [5.41, 5.74) is 1.11. The molecule has 0 aromatic carbocycles. The Bertz CT molecular complexity index is 489. The Morgan fingerprint density at radius 2 is 2.22 bits per heavy atom. The first-order valence-electron chi connectivity index (χ1n) is 5.63. The number of β-amino-alcohol motifs (C(OH)–C–C–N with tert-alkyl or cyclic N) is 1. The monoisotopic (exact) mass is 250 g/mol. The fourth-order valence-electron chi connectivity index (χ4n) is 2.14. The molecule has 2 rings (SSSR count). The molecule has 2 atom stereocenters. The van der Waals surface area contributed by atoms with E-state index >= 15 is 0 Å². The molecule has 0 radical (unpaired) electrons. The highest BCUT2D eigenvalue weighted by Gasteiger charge is 2.39. The molecule has 0 spiro atoms. The molecule has 2 heterocycles. The molecule has 1 aromatic rings. The third-order valence-electron chi connectivity index (χ3n) is 3.08. The minimum atomic E-state index is -1.09. The van der Waals surface area contributed by atoms with Crippen molar-refractivity contribution in [2.45, 2.75) is 25.5 Å². The van der Waals surface area contributed by atoms with Gasteiger partial charge in [-0.15, -0.1) is 0 Å². The van der Waals surface area contributed by atoms with Crippen LogP contribution in [0.15, 0.2) is 18.5 Å². The van der Waals surface area contributed by atoms with Crippen LogP contribution in [0.3, 0.4) is 0 Å². The van der Waals surface area contributed by atoms with Gasteiger partial charge in [-0.05, 0) is 18.6 Å². The Balaban J connectivity index is 2.28. The summed E-state index contributed by atoms with van der Waals surface area (Å²) in [6, 6.07) is 0.599. The Kier molecular flexibility index (Phi) is 3.29. The Labute approximate surface area is 104 Å². The highest BCUT2D eigenvalue weighted by molar-refractivity contribution is 5.98. The van der Waals surface area contributed by atoms with Crippen LogP contribution in [0, 0.1) is 6.92 Å². The first-order valence-corrected chi connectivity index (χ1v) is 5.63. The fourth-order valence-corrected chi connectivity index (χ4v) is 2.14. The van der Waals surface area contributed by atoms with Gasteiger partial charge in [-0.3, -0.25) is 9.78 Å². The number of amides is 1. The number of hydrogen-bond donors (Lipinski definition) is 2. The molecule has 1 aliphatic rings. The van der Waals surface area contributed by atoms with Gasteiger partial charge in [0, 0.05) is 30.9 Å². The first-order chi connectivity index (χ1) is 8.50. The van der Waals surface area contributed by atoms with Gasteiger partial charge in [0.2, 0.25) is 0 Å². The molecule has 1 amide bonds. The van der Waals surface area contributed by atoms with E-state index in [0.29, 0.717) is 11.1 Å². The van der Waals surface area contributed by atoms with Crippen molar-refractivity contribution in [2.24, 2.45) is 0 Å². The third-order valence-corrected chi connectivity index (χ3v) is 3.08. The van der Waals surface area contributed by atoms with E-state index < -0.39 is 18.1 Å². The van der Waals surface area contributed by atoms with Crippen LogP contribution in [0.1, 0.15) is 22.3 Å². The highest BCUT2D eigenvalue weighted by atomic mass is 16.4. The molecule has 18 heavy (non-hydrogen) atoms. The maximum atomic E-state index is 12.3. The average Bonchev–Trinajstić information content (AvgIpc) is 2.71. The predicted molar refractivity (Wildman–Crippen MR) is 62.1 cm³/mol. The maximum Gasteiger partial charge on any atom is 0.326 e. The highest BCUT2D eigenvalue weighted by Crippen LogP contribution is 2.21. The van der Waals surface area contributed by atoms with E-state index in [-0.39, 0.29) is 18.9 Å². The van der Waals surface area contributed by atoms with Crippen molar-refractivity contribution < 1.29 is 19.8 Å². The zero-order chi connectivity index (χ0) is 13.3. The number of carboxylic acids is 1. The number of nitrogens with zero attached hydrogens (tertiary/aromatic N) is 2.